The summed E-state index contributed by atoms with van der Waals surface area (Å²) in [6.45, 7) is 6.83. The van der Waals surface area contributed by atoms with Crippen LogP contribution in [0.2, 0.25) is 0 Å². The van der Waals surface area contributed by atoms with Crippen LogP contribution in [0.25, 0.3) is 0 Å². The Morgan fingerprint density at radius 1 is 0.486 bits per heavy atom. The lowest BCUT2D eigenvalue weighted by molar-refractivity contribution is -0.870. The molecule has 0 aliphatic heterocycles. The minimum absolute atomic E-state index is 0.0275. The number of esters is 1. The number of hydrogen-bond donors (Lipinski definition) is 2. The number of rotatable bonds is 53. The van der Waals surface area contributed by atoms with E-state index in [-0.39, 0.29) is 31.5 Å². The molecule has 0 fully saturated rings. The van der Waals surface area contributed by atoms with Crippen LogP contribution in [0.4, 0.5) is 0 Å². The number of nitrogens with one attached hydrogen (secondary N) is 1. The molecule has 0 aliphatic carbocycles. The zero-order valence-electron chi connectivity index (χ0n) is 48.6. The standard InChI is InChI=1S/C64H113N2O7P/c1-7-10-13-16-19-22-25-28-30-32-33-34-36-39-42-45-48-51-54-57-64(68)73-62(55-52-49-46-43-40-37-27-24-21-18-15-12-9-3)61(60-72-74(69,70)71-59-58-66(4,5)6)65-63(67)56-53-50-47-44-41-38-35-31-29-26-23-20-17-14-11-8-2/h11,14,19-20,22-23,28-31,33-34,39,42,52,55,61-62H,7-10,12-13,15-18,21,24-27,32,35-38,40-41,43-51,53-54,56-60H2,1-6H3,(H-,65,67,69,70)/p+1/b14-11+,22-19-,23-20+,30-28-,31-29+,34-33-,42-39-,55-52+. The molecule has 0 heterocycles. The molecule has 0 aromatic rings. The molecule has 0 aromatic carbocycles. The third-order valence-electron chi connectivity index (χ3n) is 12.8. The lowest BCUT2D eigenvalue weighted by atomic mass is 10.0. The summed E-state index contributed by atoms with van der Waals surface area (Å²) < 4.78 is 30.6. The molecule has 0 aromatic heterocycles. The molecule has 0 rings (SSSR count). The number of ether oxygens (including phenoxy) is 1. The van der Waals surface area contributed by atoms with Gasteiger partial charge >= 0.3 is 13.8 Å². The van der Waals surface area contributed by atoms with Gasteiger partial charge in [0.15, 0.2) is 0 Å². The van der Waals surface area contributed by atoms with Crippen molar-refractivity contribution in [1.82, 2.24) is 5.32 Å². The Kier molecular flexibility index (Phi) is 51.1. The summed E-state index contributed by atoms with van der Waals surface area (Å²) >= 11 is 0. The SMILES string of the molecule is CC/C=C/C/C=C/C/C=C/CCCCCCCCC(=O)NC(COP(=O)(O)OCC[N+](C)(C)C)C(/C=C/CCCCCCCCCCCCC)OC(=O)CCCCC/C=C\C/C=C\C/C=C\C/C=C\CCCCC. The maximum Gasteiger partial charge on any atom is 0.472 e. The highest BCUT2D eigenvalue weighted by Crippen LogP contribution is 2.43. The Morgan fingerprint density at radius 2 is 0.865 bits per heavy atom. The lowest BCUT2D eigenvalue weighted by Crippen LogP contribution is -2.47. The zero-order valence-corrected chi connectivity index (χ0v) is 49.4. The van der Waals surface area contributed by atoms with Crippen molar-refractivity contribution in [3.63, 3.8) is 0 Å². The van der Waals surface area contributed by atoms with Crippen LogP contribution in [0.3, 0.4) is 0 Å². The molecule has 74 heavy (non-hydrogen) atoms. The van der Waals surface area contributed by atoms with Crippen molar-refractivity contribution >= 4 is 19.7 Å². The van der Waals surface area contributed by atoms with E-state index in [9.17, 15) is 19.0 Å². The first-order chi connectivity index (χ1) is 35.9. The second kappa shape index (κ2) is 53.3. The number of unbranched alkanes of at least 4 members (excludes halogenated alkanes) is 23. The highest BCUT2D eigenvalue weighted by Gasteiger charge is 2.30. The summed E-state index contributed by atoms with van der Waals surface area (Å²) in [4.78, 5) is 37.7. The van der Waals surface area contributed by atoms with Gasteiger partial charge in [0.1, 0.15) is 19.3 Å². The van der Waals surface area contributed by atoms with Gasteiger partial charge in [-0.15, -0.1) is 0 Å². The fraction of sp³-hybridized carbons (Fsp3) is 0.719. The number of quaternary nitrogens is 1. The monoisotopic (exact) mass is 1050 g/mol. The maximum atomic E-state index is 13.5. The van der Waals surface area contributed by atoms with Crippen LogP contribution in [0.15, 0.2) is 97.2 Å². The van der Waals surface area contributed by atoms with E-state index in [1.165, 1.54) is 83.5 Å². The maximum absolute atomic E-state index is 13.5. The number of carbonyl (C=O) groups is 2. The van der Waals surface area contributed by atoms with Crippen LogP contribution in [0.5, 0.6) is 0 Å². The van der Waals surface area contributed by atoms with Gasteiger partial charge in [0, 0.05) is 12.8 Å². The van der Waals surface area contributed by atoms with Gasteiger partial charge in [0.05, 0.1) is 33.8 Å². The first-order valence-corrected chi connectivity index (χ1v) is 31.6. The highest BCUT2D eigenvalue weighted by molar-refractivity contribution is 7.47. The van der Waals surface area contributed by atoms with Gasteiger partial charge in [-0.3, -0.25) is 18.6 Å². The number of nitrogens with zero attached hydrogens (tertiary/aromatic N) is 1. The molecule has 3 unspecified atom stereocenters. The van der Waals surface area contributed by atoms with Gasteiger partial charge in [-0.25, -0.2) is 4.57 Å². The molecule has 426 valence electrons. The summed E-state index contributed by atoms with van der Waals surface area (Å²) in [6, 6.07) is -0.874. The van der Waals surface area contributed by atoms with Crippen LogP contribution >= 0.6 is 7.82 Å². The largest absolute Gasteiger partial charge is 0.472 e. The number of phosphoric acid groups is 1. The molecule has 0 spiro atoms. The number of carbonyl (C=O) groups excluding carboxylic acids is 2. The predicted molar refractivity (Wildman–Crippen MR) is 318 cm³/mol. The number of amides is 1. The van der Waals surface area contributed by atoms with Crippen LogP contribution in [-0.4, -0.2) is 74.3 Å². The van der Waals surface area contributed by atoms with Gasteiger partial charge in [-0.1, -0.05) is 221 Å². The van der Waals surface area contributed by atoms with E-state index in [1.807, 2.05) is 33.3 Å². The number of likely N-dealkylation sites (N-methyl/N-ethyl adjacent to an activating group) is 1. The molecule has 0 bridgehead atoms. The molecule has 3 atom stereocenters. The van der Waals surface area contributed by atoms with Crippen molar-refractivity contribution in [2.24, 2.45) is 0 Å². The molecule has 2 N–H and O–H groups in total. The van der Waals surface area contributed by atoms with E-state index in [4.69, 9.17) is 13.8 Å². The fourth-order valence-corrected chi connectivity index (χ4v) is 8.85. The van der Waals surface area contributed by atoms with Crippen molar-refractivity contribution in [3.8, 4) is 0 Å². The van der Waals surface area contributed by atoms with Crippen molar-refractivity contribution in [2.75, 3.05) is 40.9 Å². The number of hydrogen-bond acceptors (Lipinski definition) is 6. The summed E-state index contributed by atoms with van der Waals surface area (Å²) in [5.74, 6) is -0.560. The molecule has 0 radical (unpaired) electrons. The van der Waals surface area contributed by atoms with E-state index in [0.29, 0.717) is 23.9 Å². The lowest BCUT2D eigenvalue weighted by Gasteiger charge is -2.27. The zero-order chi connectivity index (χ0) is 54.3. The summed E-state index contributed by atoms with van der Waals surface area (Å²) in [5, 5.41) is 3.04. The van der Waals surface area contributed by atoms with E-state index in [1.54, 1.807) is 0 Å². The number of allylic oxidation sites excluding steroid dienone is 15. The Labute approximate surface area is 456 Å². The van der Waals surface area contributed by atoms with Crippen molar-refractivity contribution in [1.29, 1.82) is 0 Å². The van der Waals surface area contributed by atoms with Crippen LogP contribution in [0, 0.1) is 0 Å². The molecular weight excluding hydrogens is 940 g/mol. The third-order valence-corrected chi connectivity index (χ3v) is 13.7. The molecular formula is C64H114N2O7P+. The first-order valence-electron chi connectivity index (χ1n) is 30.1. The minimum atomic E-state index is -4.46. The van der Waals surface area contributed by atoms with Crippen LogP contribution in [-0.2, 0) is 27.9 Å². The van der Waals surface area contributed by atoms with E-state index in [2.05, 4.69) is 111 Å². The van der Waals surface area contributed by atoms with Gasteiger partial charge in [0.2, 0.25) is 5.91 Å². The Bertz CT molecular complexity index is 1590. The Hall–Kier alpha value is -3.07. The molecule has 0 aliphatic rings. The highest BCUT2D eigenvalue weighted by atomic mass is 31.2. The topological polar surface area (TPSA) is 111 Å². The summed E-state index contributed by atoms with van der Waals surface area (Å²) in [7, 11) is 1.46. The van der Waals surface area contributed by atoms with E-state index >= 15 is 0 Å². The predicted octanol–water partition coefficient (Wildman–Crippen LogP) is 18.4. The van der Waals surface area contributed by atoms with Crippen LogP contribution in [0.1, 0.15) is 245 Å². The molecule has 9 nitrogen and oxygen atoms in total. The average molecular weight is 1050 g/mol. The smallest absolute Gasteiger partial charge is 0.456 e. The molecule has 0 saturated heterocycles. The van der Waals surface area contributed by atoms with Crippen molar-refractivity contribution in [2.45, 2.75) is 258 Å². The van der Waals surface area contributed by atoms with Gasteiger partial charge in [-0.2, -0.15) is 0 Å². The fourth-order valence-electron chi connectivity index (χ4n) is 8.11. The Balaban J connectivity index is 5.42. The quantitative estimate of drug-likeness (QED) is 0.0205. The van der Waals surface area contributed by atoms with Gasteiger partial charge < -0.3 is 19.4 Å². The van der Waals surface area contributed by atoms with Crippen molar-refractivity contribution < 1.29 is 37.3 Å². The van der Waals surface area contributed by atoms with Gasteiger partial charge in [-0.05, 0) is 109 Å². The third kappa shape index (κ3) is 53.7. The first kappa shape index (κ1) is 70.9. The van der Waals surface area contributed by atoms with Crippen molar-refractivity contribution in [3.05, 3.63) is 97.2 Å². The van der Waals surface area contributed by atoms with E-state index in [0.717, 1.165) is 122 Å². The second-order valence-electron chi connectivity index (χ2n) is 21.1. The molecule has 0 saturated carbocycles. The normalized spacial score (nSPS) is 14.4. The average Bonchev–Trinajstić information content (AvgIpc) is 3.36. The Morgan fingerprint density at radius 3 is 1.34 bits per heavy atom. The van der Waals surface area contributed by atoms with Crippen LogP contribution < -0.4 is 5.32 Å². The number of phosphoric ester groups is 1. The molecule has 10 heteroatoms. The molecule has 1 amide bonds. The van der Waals surface area contributed by atoms with E-state index < -0.39 is 20.0 Å². The van der Waals surface area contributed by atoms with Gasteiger partial charge in [0.25, 0.3) is 0 Å². The summed E-state index contributed by atoms with van der Waals surface area (Å²) in [6.07, 6.45) is 71.1. The second-order valence-corrected chi connectivity index (χ2v) is 22.6. The minimum Gasteiger partial charge on any atom is -0.456 e. The summed E-state index contributed by atoms with van der Waals surface area (Å²) in [5.41, 5.74) is 0.